The van der Waals surface area contributed by atoms with Gasteiger partial charge in [0.2, 0.25) is 5.88 Å². The quantitative estimate of drug-likeness (QED) is 0.909. The van der Waals surface area contributed by atoms with Crippen LogP contribution >= 0.6 is 0 Å². The predicted molar refractivity (Wildman–Crippen MR) is 76.7 cm³/mol. The van der Waals surface area contributed by atoms with Gasteiger partial charge in [0, 0.05) is 24.7 Å². The molecular formula is C14H19N3O3. The van der Waals surface area contributed by atoms with Crippen LogP contribution < -0.4 is 19.9 Å². The zero-order valence-electron chi connectivity index (χ0n) is 12.1. The van der Waals surface area contributed by atoms with Gasteiger partial charge >= 0.3 is 0 Å². The van der Waals surface area contributed by atoms with E-state index in [9.17, 15) is 0 Å². The molecule has 0 aliphatic rings. The third-order valence-electron chi connectivity index (χ3n) is 2.96. The maximum Gasteiger partial charge on any atom is 0.241 e. The monoisotopic (exact) mass is 277 g/mol. The number of aryl methyl sites for hydroxylation is 2. The molecule has 2 N–H and O–H groups in total. The molecule has 2 aromatic rings. The molecule has 0 aliphatic heterocycles. The lowest BCUT2D eigenvalue weighted by Crippen LogP contribution is -2.01. The summed E-state index contributed by atoms with van der Waals surface area (Å²) in [5, 5.41) is 4.31. The topological polar surface area (TPSA) is 71.5 Å². The minimum Gasteiger partial charge on any atom is -0.496 e. The normalized spacial score (nSPS) is 10.4. The molecule has 0 saturated heterocycles. The zero-order chi connectivity index (χ0) is 14.7. The molecule has 0 saturated carbocycles. The van der Waals surface area contributed by atoms with E-state index in [4.69, 9.17) is 19.9 Å². The van der Waals surface area contributed by atoms with Crippen LogP contribution in [0.3, 0.4) is 0 Å². The number of rotatable bonds is 5. The average Bonchev–Trinajstić information content (AvgIpc) is 2.74. The van der Waals surface area contributed by atoms with Gasteiger partial charge in [0.05, 0.1) is 19.9 Å². The zero-order valence-corrected chi connectivity index (χ0v) is 12.1. The number of hydrogen-bond acceptors (Lipinski definition) is 5. The lowest BCUT2D eigenvalue weighted by atomic mass is 10.3. The number of nitrogens with zero attached hydrogens (tertiary/aromatic N) is 2. The molecule has 2 rings (SSSR count). The Morgan fingerprint density at radius 1 is 1.10 bits per heavy atom. The van der Waals surface area contributed by atoms with Gasteiger partial charge in [0.15, 0.2) is 0 Å². The van der Waals surface area contributed by atoms with Crippen LogP contribution in [-0.2, 0) is 6.54 Å². The van der Waals surface area contributed by atoms with E-state index in [2.05, 4.69) is 5.10 Å². The second-order valence-electron chi connectivity index (χ2n) is 4.27. The summed E-state index contributed by atoms with van der Waals surface area (Å²) >= 11 is 0. The van der Waals surface area contributed by atoms with Crippen LogP contribution in [0.4, 0.5) is 5.69 Å². The molecular weight excluding hydrogens is 258 g/mol. The first-order valence-corrected chi connectivity index (χ1v) is 6.32. The van der Waals surface area contributed by atoms with Crippen molar-refractivity contribution in [3.05, 3.63) is 23.9 Å². The molecule has 6 nitrogen and oxygen atoms in total. The van der Waals surface area contributed by atoms with Crippen LogP contribution in [0, 0.1) is 6.92 Å². The van der Waals surface area contributed by atoms with Crippen LogP contribution in [0.5, 0.6) is 23.1 Å². The maximum absolute atomic E-state index is 6.00. The summed E-state index contributed by atoms with van der Waals surface area (Å²) in [7, 11) is 3.18. The fraction of sp³-hybridized carbons (Fsp3) is 0.357. The van der Waals surface area contributed by atoms with Crippen molar-refractivity contribution in [2.75, 3.05) is 20.0 Å². The summed E-state index contributed by atoms with van der Waals surface area (Å²) in [6.45, 7) is 4.50. The SMILES string of the molecule is CCn1nc(C)c(N)c1Oc1cc(OC)cc(OC)c1. The molecule has 6 heteroatoms. The molecule has 0 aliphatic carbocycles. The molecule has 20 heavy (non-hydrogen) atoms. The van der Waals surface area contributed by atoms with Gasteiger partial charge in [-0.15, -0.1) is 0 Å². The molecule has 0 bridgehead atoms. The number of aromatic nitrogens is 2. The number of hydrogen-bond donors (Lipinski definition) is 1. The van der Waals surface area contributed by atoms with Crippen LogP contribution in [0.2, 0.25) is 0 Å². The minimum absolute atomic E-state index is 0.528. The molecule has 0 fully saturated rings. The Labute approximate surface area is 118 Å². The van der Waals surface area contributed by atoms with Gasteiger partial charge in [0.25, 0.3) is 0 Å². The maximum atomic E-state index is 6.00. The summed E-state index contributed by atoms with van der Waals surface area (Å²) in [5.41, 5.74) is 7.28. The van der Waals surface area contributed by atoms with E-state index < -0.39 is 0 Å². The highest BCUT2D eigenvalue weighted by Crippen LogP contribution is 2.34. The number of nitrogens with two attached hydrogens (primary N) is 1. The van der Waals surface area contributed by atoms with E-state index in [1.165, 1.54) is 0 Å². The van der Waals surface area contributed by atoms with E-state index >= 15 is 0 Å². The van der Waals surface area contributed by atoms with Crippen molar-refractivity contribution in [3.8, 4) is 23.1 Å². The fourth-order valence-corrected chi connectivity index (χ4v) is 1.85. The highest BCUT2D eigenvalue weighted by atomic mass is 16.5. The number of anilines is 1. The van der Waals surface area contributed by atoms with Crippen LogP contribution in [0.15, 0.2) is 18.2 Å². The van der Waals surface area contributed by atoms with E-state index in [1.54, 1.807) is 37.1 Å². The molecule has 108 valence electrons. The summed E-state index contributed by atoms with van der Waals surface area (Å²) in [4.78, 5) is 0. The Hall–Kier alpha value is -2.37. The summed E-state index contributed by atoms with van der Waals surface area (Å²) in [5.74, 6) is 2.41. The number of nitrogen functional groups attached to an aromatic ring is 1. The number of ether oxygens (including phenoxy) is 3. The van der Waals surface area contributed by atoms with E-state index in [-0.39, 0.29) is 0 Å². The molecule has 0 unspecified atom stereocenters. The van der Waals surface area contributed by atoms with Crippen molar-refractivity contribution in [1.82, 2.24) is 9.78 Å². The summed E-state index contributed by atoms with van der Waals surface area (Å²) < 4.78 is 18.0. The van der Waals surface area contributed by atoms with Gasteiger partial charge in [-0.25, -0.2) is 4.68 Å². The minimum atomic E-state index is 0.528. The molecule has 1 aromatic carbocycles. The molecule has 0 spiro atoms. The predicted octanol–water partition coefficient (Wildman–Crippen LogP) is 2.60. The van der Waals surface area contributed by atoms with Crippen LogP contribution in [0.25, 0.3) is 0 Å². The lowest BCUT2D eigenvalue weighted by Gasteiger charge is -2.11. The molecule has 0 radical (unpaired) electrons. The third kappa shape index (κ3) is 2.64. The highest BCUT2D eigenvalue weighted by molar-refractivity contribution is 5.54. The van der Waals surface area contributed by atoms with Gasteiger partial charge in [-0.2, -0.15) is 5.10 Å². The number of benzene rings is 1. The van der Waals surface area contributed by atoms with E-state index in [0.29, 0.717) is 35.4 Å². The first kappa shape index (κ1) is 14.0. The van der Waals surface area contributed by atoms with Gasteiger partial charge in [-0.05, 0) is 13.8 Å². The van der Waals surface area contributed by atoms with Crippen LogP contribution in [0.1, 0.15) is 12.6 Å². The van der Waals surface area contributed by atoms with Crippen LogP contribution in [-0.4, -0.2) is 24.0 Å². The van der Waals surface area contributed by atoms with Gasteiger partial charge < -0.3 is 19.9 Å². The van der Waals surface area contributed by atoms with Gasteiger partial charge in [0.1, 0.15) is 22.9 Å². The van der Waals surface area contributed by atoms with Gasteiger partial charge in [-0.3, -0.25) is 0 Å². The first-order valence-electron chi connectivity index (χ1n) is 6.32. The Balaban J connectivity index is 2.39. The Morgan fingerprint density at radius 2 is 1.65 bits per heavy atom. The molecule has 0 atom stereocenters. The first-order chi connectivity index (χ1) is 9.58. The standard InChI is InChI=1S/C14H19N3O3/c1-5-17-14(13(15)9(2)16-17)20-12-7-10(18-3)6-11(8-12)19-4/h6-8H,5,15H2,1-4H3. The van der Waals surface area contributed by atoms with Crippen molar-refractivity contribution in [1.29, 1.82) is 0 Å². The average molecular weight is 277 g/mol. The van der Waals surface area contributed by atoms with Crippen molar-refractivity contribution in [2.24, 2.45) is 0 Å². The molecule has 1 heterocycles. The van der Waals surface area contributed by atoms with Crippen molar-refractivity contribution in [2.45, 2.75) is 20.4 Å². The van der Waals surface area contributed by atoms with Crippen molar-refractivity contribution in [3.63, 3.8) is 0 Å². The van der Waals surface area contributed by atoms with E-state index in [0.717, 1.165) is 5.69 Å². The highest BCUT2D eigenvalue weighted by Gasteiger charge is 2.14. The second-order valence-corrected chi connectivity index (χ2v) is 4.27. The Bertz CT molecular complexity index is 586. The van der Waals surface area contributed by atoms with Crippen molar-refractivity contribution >= 4 is 5.69 Å². The largest absolute Gasteiger partial charge is 0.496 e. The van der Waals surface area contributed by atoms with Crippen molar-refractivity contribution < 1.29 is 14.2 Å². The Morgan fingerprint density at radius 3 is 2.15 bits per heavy atom. The molecule has 0 amide bonds. The second kappa shape index (κ2) is 5.73. The summed E-state index contributed by atoms with van der Waals surface area (Å²) in [6, 6.07) is 5.31. The Kier molecular flexibility index (Phi) is 4.02. The molecule has 1 aromatic heterocycles. The number of methoxy groups -OCH3 is 2. The fourth-order valence-electron chi connectivity index (χ4n) is 1.85. The smallest absolute Gasteiger partial charge is 0.241 e. The van der Waals surface area contributed by atoms with E-state index in [1.807, 2.05) is 13.8 Å². The lowest BCUT2D eigenvalue weighted by molar-refractivity contribution is 0.379. The third-order valence-corrected chi connectivity index (χ3v) is 2.96. The summed E-state index contributed by atoms with van der Waals surface area (Å²) in [6.07, 6.45) is 0. The van der Waals surface area contributed by atoms with Gasteiger partial charge in [-0.1, -0.05) is 0 Å².